The maximum Gasteiger partial charge on any atom is 0.283 e. The van der Waals surface area contributed by atoms with Crippen molar-refractivity contribution in [3.63, 3.8) is 0 Å². The molecule has 1 N–H and O–H groups in total. The molecule has 0 atom stereocenters. The summed E-state index contributed by atoms with van der Waals surface area (Å²) in [5, 5.41) is 5.16. The zero-order chi connectivity index (χ0) is 13.0. The molecule has 3 nitrogen and oxygen atoms in total. The number of fused-ring (bicyclic) bond motifs is 1. The van der Waals surface area contributed by atoms with Crippen molar-refractivity contribution < 1.29 is 4.79 Å². The van der Waals surface area contributed by atoms with E-state index >= 15 is 0 Å². The van der Waals surface area contributed by atoms with Gasteiger partial charge in [-0.05, 0) is 19.1 Å². The molecular weight excluding hydrogens is 268 g/mol. The molecule has 0 fully saturated rings. The molecule has 1 aromatic carbocycles. The van der Waals surface area contributed by atoms with Crippen molar-refractivity contribution >= 4 is 45.1 Å². The lowest BCUT2D eigenvalue weighted by atomic mass is 10.2. The van der Waals surface area contributed by atoms with Crippen LogP contribution in [0, 0.1) is 0 Å². The first-order chi connectivity index (χ1) is 8.74. The van der Waals surface area contributed by atoms with E-state index in [1.54, 1.807) is 6.08 Å². The average Bonchev–Trinajstić information content (AvgIpc) is 2.73. The van der Waals surface area contributed by atoms with Gasteiger partial charge in [-0.2, -0.15) is 5.10 Å². The summed E-state index contributed by atoms with van der Waals surface area (Å²) >= 11 is 7.54. The molecule has 2 aromatic rings. The molecule has 0 aliphatic carbocycles. The van der Waals surface area contributed by atoms with Crippen LogP contribution in [0.15, 0.2) is 41.5 Å². The van der Waals surface area contributed by atoms with Gasteiger partial charge < -0.3 is 0 Å². The number of thiophene rings is 1. The molecule has 92 valence electrons. The zero-order valence-corrected chi connectivity index (χ0v) is 11.3. The Labute approximate surface area is 114 Å². The number of hydrogen-bond acceptors (Lipinski definition) is 3. The Morgan fingerprint density at radius 1 is 1.44 bits per heavy atom. The van der Waals surface area contributed by atoms with Crippen LogP contribution in [0.4, 0.5) is 0 Å². The van der Waals surface area contributed by atoms with Crippen LogP contribution in [-0.2, 0) is 0 Å². The molecule has 18 heavy (non-hydrogen) atoms. The van der Waals surface area contributed by atoms with Crippen molar-refractivity contribution in [2.75, 3.05) is 0 Å². The second-order valence-corrected chi connectivity index (χ2v) is 4.92. The van der Waals surface area contributed by atoms with Gasteiger partial charge in [0, 0.05) is 16.3 Å². The molecule has 5 heteroatoms. The summed E-state index contributed by atoms with van der Waals surface area (Å²) in [5.74, 6) is -0.290. The van der Waals surface area contributed by atoms with Gasteiger partial charge in [0.05, 0.1) is 5.02 Å². The Kier molecular flexibility index (Phi) is 4.12. The zero-order valence-electron chi connectivity index (χ0n) is 9.68. The van der Waals surface area contributed by atoms with E-state index in [0.29, 0.717) is 9.90 Å². The summed E-state index contributed by atoms with van der Waals surface area (Å²) in [6.07, 6.45) is 5.06. The molecule has 1 heterocycles. The SMILES string of the molecule is CC=CC=NNC(=O)c1sc2ccccc2c1Cl. The number of nitrogens with one attached hydrogen (secondary N) is 1. The fourth-order valence-corrected chi connectivity index (χ4v) is 2.84. The first kappa shape index (κ1) is 12.8. The highest BCUT2D eigenvalue weighted by Crippen LogP contribution is 2.34. The molecule has 0 bridgehead atoms. The quantitative estimate of drug-likeness (QED) is 0.672. The van der Waals surface area contributed by atoms with Gasteiger partial charge in [0.15, 0.2) is 0 Å². The number of carbonyl (C=O) groups excluding carboxylic acids is 1. The summed E-state index contributed by atoms with van der Waals surface area (Å²) in [5.41, 5.74) is 2.44. The largest absolute Gasteiger partial charge is 0.283 e. The van der Waals surface area contributed by atoms with E-state index in [-0.39, 0.29) is 5.91 Å². The van der Waals surface area contributed by atoms with Gasteiger partial charge in [0.25, 0.3) is 5.91 Å². The van der Waals surface area contributed by atoms with Gasteiger partial charge in [-0.3, -0.25) is 4.79 Å². The second-order valence-electron chi connectivity index (χ2n) is 3.49. The van der Waals surface area contributed by atoms with E-state index in [1.165, 1.54) is 17.6 Å². The van der Waals surface area contributed by atoms with Crippen molar-refractivity contribution in [1.29, 1.82) is 0 Å². The monoisotopic (exact) mass is 278 g/mol. The van der Waals surface area contributed by atoms with Gasteiger partial charge in [-0.25, -0.2) is 5.43 Å². The molecule has 1 aromatic heterocycles. The lowest BCUT2D eigenvalue weighted by molar-refractivity contribution is 0.0959. The molecule has 0 saturated heterocycles. The fraction of sp³-hybridized carbons (Fsp3) is 0.0769. The number of amides is 1. The Bertz CT molecular complexity index is 631. The van der Waals surface area contributed by atoms with Crippen molar-refractivity contribution in [2.45, 2.75) is 6.92 Å². The minimum Gasteiger partial charge on any atom is -0.266 e. The van der Waals surface area contributed by atoms with E-state index in [9.17, 15) is 4.79 Å². The molecule has 0 aliphatic heterocycles. The lowest BCUT2D eigenvalue weighted by Crippen LogP contribution is -2.16. The van der Waals surface area contributed by atoms with Crippen LogP contribution in [0.1, 0.15) is 16.6 Å². The number of halogens is 1. The standard InChI is InChI=1S/C13H11ClN2OS/c1-2-3-8-15-16-13(17)12-11(14)9-6-4-5-7-10(9)18-12/h2-8H,1H3,(H,16,17). The van der Waals surface area contributed by atoms with Crippen LogP contribution in [-0.4, -0.2) is 12.1 Å². The minimum atomic E-state index is -0.290. The van der Waals surface area contributed by atoms with E-state index in [4.69, 9.17) is 11.6 Å². The van der Waals surface area contributed by atoms with Gasteiger partial charge in [0.2, 0.25) is 0 Å². The Hall–Kier alpha value is -1.65. The maximum absolute atomic E-state index is 11.9. The number of hydrazone groups is 1. The van der Waals surface area contributed by atoms with E-state index < -0.39 is 0 Å². The smallest absolute Gasteiger partial charge is 0.266 e. The molecule has 1 amide bonds. The number of benzene rings is 1. The van der Waals surface area contributed by atoms with Gasteiger partial charge in [-0.15, -0.1) is 11.3 Å². The Morgan fingerprint density at radius 2 is 2.22 bits per heavy atom. The summed E-state index contributed by atoms with van der Waals surface area (Å²) < 4.78 is 0.991. The maximum atomic E-state index is 11.9. The van der Waals surface area contributed by atoms with E-state index in [1.807, 2.05) is 37.3 Å². The van der Waals surface area contributed by atoms with E-state index in [2.05, 4.69) is 10.5 Å². The topological polar surface area (TPSA) is 41.5 Å². The fourth-order valence-electron chi connectivity index (χ4n) is 1.44. The second kappa shape index (κ2) is 5.80. The molecule has 2 rings (SSSR count). The summed E-state index contributed by atoms with van der Waals surface area (Å²) in [7, 11) is 0. The first-order valence-corrected chi connectivity index (χ1v) is 6.55. The van der Waals surface area contributed by atoms with Crippen molar-refractivity contribution in [3.05, 3.63) is 46.3 Å². The highest BCUT2D eigenvalue weighted by atomic mass is 35.5. The number of nitrogens with zero attached hydrogens (tertiary/aromatic N) is 1. The summed E-state index contributed by atoms with van der Waals surface area (Å²) in [6, 6.07) is 7.65. The van der Waals surface area contributed by atoms with Crippen molar-refractivity contribution in [2.24, 2.45) is 5.10 Å². The number of carbonyl (C=O) groups is 1. The van der Waals surface area contributed by atoms with Gasteiger partial charge >= 0.3 is 0 Å². The number of allylic oxidation sites excluding steroid dienone is 2. The molecule has 0 saturated carbocycles. The first-order valence-electron chi connectivity index (χ1n) is 5.35. The third-order valence-corrected chi connectivity index (χ3v) is 3.93. The van der Waals surface area contributed by atoms with Crippen molar-refractivity contribution in [3.8, 4) is 0 Å². The van der Waals surface area contributed by atoms with Crippen molar-refractivity contribution in [1.82, 2.24) is 5.43 Å². The number of rotatable bonds is 3. The molecule has 0 radical (unpaired) electrons. The van der Waals surface area contributed by atoms with E-state index in [0.717, 1.165) is 10.1 Å². The molecule has 0 unspecified atom stereocenters. The third kappa shape index (κ3) is 2.60. The Morgan fingerprint density at radius 3 is 2.94 bits per heavy atom. The molecular formula is C13H11ClN2OS. The molecule has 0 spiro atoms. The Balaban J connectivity index is 2.25. The van der Waals surface area contributed by atoms with Crippen LogP contribution >= 0.6 is 22.9 Å². The average molecular weight is 279 g/mol. The highest BCUT2D eigenvalue weighted by molar-refractivity contribution is 7.21. The minimum absolute atomic E-state index is 0.290. The van der Waals surface area contributed by atoms with Gasteiger partial charge in [0.1, 0.15) is 4.88 Å². The normalized spacial score (nSPS) is 11.7. The van der Waals surface area contributed by atoms with Crippen LogP contribution in [0.2, 0.25) is 5.02 Å². The highest BCUT2D eigenvalue weighted by Gasteiger charge is 2.15. The summed E-state index contributed by atoms with van der Waals surface area (Å²) in [6.45, 7) is 1.87. The molecule has 0 aliphatic rings. The number of hydrogen-bond donors (Lipinski definition) is 1. The third-order valence-electron chi connectivity index (χ3n) is 2.26. The summed E-state index contributed by atoms with van der Waals surface area (Å²) in [4.78, 5) is 12.4. The van der Waals surface area contributed by atoms with Crippen LogP contribution in [0.25, 0.3) is 10.1 Å². The van der Waals surface area contributed by atoms with Crippen LogP contribution in [0.5, 0.6) is 0 Å². The predicted octanol–water partition coefficient (Wildman–Crippen LogP) is 3.85. The van der Waals surface area contributed by atoms with Crippen LogP contribution < -0.4 is 5.43 Å². The predicted molar refractivity (Wildman–Crippen MR) is 77.6 cm³/mol. The van der Waals surface area contributed by atoms with Crippen LogP contribution in [0.3, 0.4) is 0 Å². The lowest BCUT2D eigenvalue weighted by Gasteiger charge is -1.95. The van der Waals surface area contributed by atoms with Gasteiger partial charge in [-0.1, -0.05) is 35.9 Å².